The van der Waals surface area contributed by atoms with Crippen LogP contribution in [0.1, 0.15) is 24.2 Å². The molecule has 4 heteroatoms. The van der Waals surface area contributed by atoms with Crippen LogP contribution in [0.2, 0.25) is 0 Å². The van der Waals surface area contributed by atoms with Crippen molar-refractivity contribution >= 4 is 22.2 Å². The van der Waals surface area contributed by atoms with Crippen LogP contribution >= 0.6 is 15.9 Å². The maximum absolute atomic E-state index is 13.3. The summed E-state index contributed by atoms with van der Waals surface area (Å²) in [5.41, 5.74) is 0.283. The highest BCUT2D eigenvalue weighted by Gasteiger charge is 2.11. The van der Waals surface area contributed by atoms with Gasteiger partial charge in [-0.3, -0.25) is 4.79 Å². The molecule has 1 aromatic carbocycles. The fraction of sp³-hybridized carbons (Fsp3) is 0.300. The highest BCUT2D eigenvalue weighted by molar-refractivity contribution is 9.10. The summed E-state index contributed by atoms with van der Waals surface area (Å²) in [4.78, 5) is 10.4. The highest BCUT2D eigenvalue weighted by Crippen LogP contribution is 2.29. The quantitative estimate of drug-likeness (QED) is 0.781. The third-order valence-electron chi connectivity index (χ3n) is 1.51. The summed E-state index contributed by atoms with van der Waals surface area (Å²) in [6.45, 7) is 3.61. The molecule has 76 valence electrons. The van der Waals surface area contributed by atoms with E-state index in [2.05, 4.69) is 15.9 Å². The van der Waals surface area contributed by atoms with Gasteiger partial charge in [-0.15, -0.1) is 0 Å². The third kappa shape index (κ3) is 2.54. The number of benzene rings is 1. The molecule has 0 unspecified atom stereocenters. The van der Waals surface area contributed by atoms with Crippen molar-refractivity contribution in [3.63, 3.8) is 0 Å². The highest BCUT2D eigenvalue weighted by atomic mass is 79.9. The average molecular weight is 261 g/mol. The van der Waals surface area contributed by atoms with Crippen molar-refractivity contribution in [3.8, 4) is 5.75 Å². The first-order valence-corrected chi connectivity index (χ1v) is 4.94. The predicted octanol–water partition coefficient (Wildman–Crippen LogP) is 3.19. The van der Waals surface area contributed by atoms with Crippen LogP contribution in [0.25, 0.3) is 0 Å². The van der Waals surface area contributed by atoms with Gasteiger partial charge in [-0.1, -0.05) is 0 Å². The van der Waals surface area contributed by atoms with E-state index in [1.54, 1.807) is 13.8 Å². The van der Waals surface area contributed by atoms with Crippen LogP contribution < -0.4 is 4.74 Å². The molecule has 0 heterocycles. The van der Waals surface area contributed by atoms with E-state index in [1.807, 2.05) is 0 Å². The van der Waals surface area contributed by atoms with Gasteiger partial charge in [0.1, 0.15) is 6.29 Å². The summed E-state index contributed by atoms with van der Waals surface area (Å²) >= 11 is 3.14. The van der Waals surface area contributed by atoms with Gasteiger partial charge in [-0.2, -0.15) is 0 Å². The Morgan fingerprint density at radius 1 is 1.50 bits per heavy atom. The first-order valence-electron chi connectivity index (χ1n) is 4.15. The first kappa shape index (κ1) is 11.2. The molecule has 0 aliphatic rings. The molecule has 0 saturated heterocycles. The van der Waals surface area contributed by atoms with Gasteiger partial charge in [0.25, 0.3) is 0 Å². The summed E-state index contributed by atoms with van der Waals surface area (Å²) < 4.78 is 19.0. The number of halogens is 2. The molecule has 1 rings (SSSR count). The van der Waals surface area contributed by atoms with E-state index in [4.69, 9.17) is 4.74 Å². The van der Waals surface area contributed by atoms with Gasteiger partial charge in [0.15, 0.2) is 11.6 Å². The molecule has 0 fully saturated rings. The van der Waals surface area contributed by atoms with Crippen LogP contribution in [0, 0.1) is 5.82 Å². The molecular formula is C10H10BrFO2. The Morgan fingerprint density at radius 3 is 2.57 bits per heavy atom. The van der Waals surface area contributed by atoms with Crippen molar-refractivity contribution in [2.45, 2.75) is 20.0 Å². The Hall–Kier alpha value is -0.900. The number of ether oxygens (including phenoxy) is 1. The van der Waals surface area contributed by atoms with Crippen molar-refractivity contribution in [2.75, 3.05) is 0 Å². The van der Waals surface area contributed by atoms with Crippen LogP contribution in [0.3, 0.4) is 0 Å². The lowest BCUT2D eigenvalue weighted by Crippen LogP contribution is -2.07. The lowest BCUT2D eigenvalue weighted by molar-refractivity contribution is 0.112. The molecule has 0 aromatic heterocycles. The second-order valence-electron chi connectivity index (χ2n) is 3.10. The summed E-state index contributed by atoms with van der Waals surface area (Å²) in [6, 6.07) is 2.67. The van der Waals surface area contributed by atoms with Crippen LogP contribution in [-0.2, 0) is 0 Å². The van der Waals surface area contributed by atoms with Crippen molar-refractivity contribution in [3.05, 3.63) is 28.0 Å². The van der Waals surface area contributed by atoms with Crippen LogP contribution in [-0.4, -0.2) is 12.4 Å². The zero-order valence-corrected chi connectivity index (χ0v) is 9.47. The van der Waals surface area contributed by atoms with E-state index in [0.717, 1.165) is 6.07 Å². The monoisotopic (exact) mass is 260 g/mol. The lowest BCUT2D eigenvalue weighted by Gasteiger charge is -2.12. The maximum atomic E-state index is 13.3. The van der Waals surface area contributed by atoms with Gasteiger partial charge >= 0.3 is 0 Å². The van der Waals surface area contributed by atoms with Gasteiger partial charge in [0.2, 0.25) is 0 Å². The maximum Gasteiger partial charge on any atom is 0.169 e. The summed E-state index contributed by atoms with van der Waals surface area (Å²) in [5.74, 6) is -0.388. The van der Waals surface area contributed by atoms with Crippen molar-refractivity contribution in [2.24, 2.45) is 0 Å². The summed E-state index contributed by atoms with van der Waals surface area (Å²) in [7, 11) is 0. The molecule has 0 saturated carbocycles. The Kier molecular flexibility index (Phi) is 3.63. The van der Waals surface area contributed by atoms with Gasteiger partial charge in [0.05, 0.1) is 10.6 Å². The second-order valence-corrected chi connectivity index (χ2v) is 3.95. The molecule has 1 aromatic rings. The number of carbonyl (C=O) groups is 1. The van der Waals surface area contributed by atoms with Crippen molar-refractivity contribution in [1.82, 2.24) is 0 Å². The Labute approximate surface area is 90.2 Å². The van der Waals surface area contributed by atoms with Gasteiger partial charge in [0, 0.05) is 5.56 Å². The molecule has 0 bridgehead atoms. The molecule has 14 heavy (non-hydrogen) atoms. The Morgan fingerprint density at radius 2 is 2.14 bits per heavy atom. The molecule has 0 amide bonds. The van der Waals surface area contributed by atoms with Crippen molar-refractivity contribution in [1.29, 1.82) is 0 Å². The molecular weight excluding hydrogens is 251 g/mol. The van der Waals surface area contributed by atoms with E-state index in [0.29, 0.717) is 10.8 Å². The fourth-order valence-electron chi connectivity index (χ4n) is 0.996. The minimum Gasteiger partial charge on any atom is -0.487 e. The van der Waals surface area contributed by atoms with E-state index in [-0.39, 0.29) is 17.4 Å². The van der Waals surface area contributed by atoms with Gasteiger partial charge in [-0.25, -0.2) is 4.39 Å². The number of carbonyl (C=O) groups excluding carboxylic acids is 1. The van der Waals surface area contributed by atoms with E-state index in [9.17, 15) is 9.18 Å². The van der Waals surface area contributed by atoms with E-state index >= 15 is 0 Å². The Bertz CT molecular complexity index is 327. The summed E-state index contributed by atoms with van der Waals surface area (Å²) in [5, 5.41) is 0. The second kappa shape index (κ2) is 4.55. The molecule has 0 aliphatic carbocycles. The predicted molar refractivity (Wildman–Crippen MR) is 55.3 cm³/mol. The Balaban J connectivity index is 3.11. The smallest absolute Gasteiger partial charge is 0.169 e. The standard InChI is InChI=1S/C10H10BrFO2/c1-6(2)14-10-8(11)3-7(5-13)4-9(10)12/h3-6H,1-2H3. The average Bonchev–Trinajstić information content (AvgIpc) is 2.10. The number of aldehydes is 1. The zero-order valence-electron chi connectivity index (χ0n) is 7.88. The minimum absolute atomic E-state index is 0.108. The third-order valence-corrected chi connectivity index (χ3v) is 2.10. The molecule has 0 aliphatic heterocycles. The molecule has 0 radical (unpaired) electrons. The van der Waals surface area contributed by atoms with Crippen LogP contribution in [0.5, 0.6) is 5.75 Å². The van der Waals surface area contributed by atoms with E-state index < -0.39 is 5.82 Å². The zero-order chi connectivity index (χ0) is 10.7. The molecule has 0 spiro atoms. The minimum atomic E-state index is -0.532. The van der Waals surface area contributed by atoms with Crippen LogP contribution in [0.15, 0.2) is 16.6 Å². The number of hydrogen-bond acceptors (Lipinski definition) is 2. The SMILES string of the molecule is CC(C)Oc1c(F)cc(C=O)cc1Br. The van der Waals surface area contributed by atoms with Gasteiger partial charge in [-0.05, 0) is 41.9 Å². The fourth-order valence-corrected chi connectivity index (χ4v) is 1.54. The van der Waals surface area contributed by atoms with Gasteiger partial charge < -0.3 is 4.74 Å². The van der Waals surface area contributed by atoms with Crippen LogP contribution in [0.4, 0.5) is 4.39 Å². The largest absolute Gasteiger partial charge is 0.487 e. The number of hydrogen-bond donors (Lipinski definition) is 0. The van der Waals surface area contributed by atoms with Crippen molar-refractivity contribution < 1.29 is 13.9 Å². The number of rotatable bonds is 3. The summed E-state index contributed by atoms with van der Waals surface area (Å²) in [6.07, 6.45) is 0.482. The van der Waals surface area contributed by atoms with E-state index in [1.165, 1.54) is 6.07 Å². The molecule has 0 N–H and O–H groups in total. The normalized spacial score (nSPS) is 10.4. The molecule has 2 nitrogen and oxygen atoms in total. The lowest BCUT2D eigenvalue weighted by atomic mass is 10.2. The molecule has 0 atom stereocenters. The topological polar surface area (TPSA) is 26.3 Å². The first-order chi connectivity index (χ1) is 6.54.